The lowest BCUT2D eigenvalue weighted by Gasteiger charge is -2.30. The summed E-state index contributed by atoms with van der Waals surface area (Å²) in [5, 5.41) is 41.7. The zero-order chi connectivity index (χ0) is 22.2. The summed E-state index contributed by atoms with van der Waals surface area (Å²) >= 11 is 0. The van der Waals surface area contributed by atoms with Gasteiger partial charge in [-0.2, -0.15) is 0 Å². The number of rotatable bonds is 18. The summed E-state index contributed by atoms with van der Waals surface area (Å²) in [6.45, 7) is 3.70. The molecule has 1 heterocycles. The summed E-state index contributed by atoms with van der Waals surface area (Å²) < 4.78 is 0. The Morgan fingerprint density at radius 1 is 0.567 bits per heavy atom. The fourth-order valence-corrected chi connectivity index (χ4v) is 3.69. The lowest BCUT2D eigenvalue weighted by molar-refractivity contribution is -0.137. The van der Waals surface area contributed by atoms with Crippen LogP contribution in [0.25, 0.3) is 0 Å². The SMILES string of the molecule is O=C1N[C@H](CCCCN(CCO)CCO)C(=O)N[C@H]1CCCCN(CCO)CCO. The quantitative estimate of drug-likeness (QED) is 0.135. The number of carbonyl (C=O) groups is 2. The summed E-state index contributed by atoms with van der Waals surface area (Å²) in [5.74, 6) is -0.297. The Morgan fingerprint density at radius 2 is 0.900 bits per heavy atom. The first-order valence-corrected chi connectivity index (χ1v) is 11.0. The van der Waals surface area contributed by atoms with Crippen LogP contribution in [0.1, 0.15) is 38.5 Å². The highest BCUT2D eigenvalue weighted by molar-refractivity contribution is 5.96. The van der Waals surface area contributed by atoms with Gasteiger partial charge >= 0.3 is 0 Å². The minimum absolute atomic E-state index is 0.0450. The van der Waals surface area contributed by atoms with Crippen molar-refractivity contribution in [3.05, 3.63) is 0 Å². The van der Waals surface area contributed by atoms with E-state index >= 15 is 0 Å². The molecule has 1 rings (SSSR count). The molecule has 176 valence electrons. The van der Waals surface area contributed by atoms with E-state index in [4.69, 9.17) is 20.4 Å². The smallest absolute Gasteiger partial charge is 0.243 e. The number of hydrogen-bond acceptors (Lipinski definition) is 8. The highest BCUT2D eigenvalue weighted by Crippen LogP contribution is 2.11. The molecule has 30 heavy (non-hydrogen) atoms. The van der Waals surface area contributed by atoms with E-state index in [9.17, 15) is 9.59 Å². The number of carbonyl (C=O) groups excluding carboxylic acids is 2. The molecule has 0 aromatic carbocycles. The molecule has 10 heteroatoms. The average molecular weight is 433 g/mol. The average Bonchev–Trinajstić information content (AvgIpc) is 2.71. The molecule has 0 unspecified atom stereocenters. The first-order chi connectivity index (χ1) is 14.5. The van der Waals surface area contributed by atoms with Gasteiger partial charge in [0.05, 0.1) is 26.4 Å². The van der Waals surface area contributed by atoms with Gasteiger partial charge in [-0.05, 0) is 51.6 Å². The standard InChI is InChI=1S/C20H40N4O6/c25-13-9-23(10-14-26)7-3-1-5-17-19(29)22-18(20(30)21-17)6-2-4-8-24(11-15-27)12-16-28/h17-18,25-28H,1-16H2,(H,21,30)(H,22,29)/t17-,18+. The molecule has 0 bridgehead atoms. The predicted octanol–water partition coefficient (Wildman–Crippen LogP) is -2.12. The zero-order valence-corrected chi connectivity index (χ0v) is 18.0. The van der Waals surface area contributed by atoms with E-state index in [2.05, 4.69) is 10.6 Å². The van der Waals surface area contributed by atoms with Crippen LogP contribution in [-0.4, -0.2) is 120 Å². The monoisotopic (exact) mass is 432 g/mol. The molecule has 0 aromatic heterocycles. The predicted molar refractivity (Wildman–Crippen MR) is 113 cm³/mol. The van der Waals surface area contributed by atoms with E-state index in [1.165, 1.54) is 0 Å². The third-order valence-electron chi connectivity index (χ3n) is 5.37. The molecule has 1 fully saturated rings. The van der Waals surface area contributed by atoms with E-state index in [1.54, 1.807) is 0 Å². The van der Waals surface area contributed by atoms with E-state index in [1.807, 2.05) is 9.80 Å². The molecule has 0 radical (unpaired) electrons. The molecule has 10 nitrogen and oxygen atoms in total. The molecule has 1 saturated heterocycles. The van der Waals surface area contributed by atoms with Crippen molar-refractivity contribution in [3.63, 3.8) is 0 Å². The first kappa shape index (κ1) is 26.7. The molecule has 0 aliphatic carbocycles. The topological polar surface area (TPSA) is 146 Å². The van der Waals surface area contributed by atoms with Crippen molar-refractivity contribution in [2.75, 3.05) is 65.7 Å². The van der Waals surface area contributed by atoms with Crippen molar-refractivity contribution in [1.82, 2.24) is 20.4 Å². The number of nitrogens with zero attached hydrogens (tertiary/aromatic N) is 2. The molecule has 0 spiro atoms. The van der Waals surface area contributed by atoms with Crippen LogP contribution in [0.4, 0.5) is 0 Å². The van der Waals surface area contributed by atoms with Crippen molar-refractivity contribution >= 4 is 11.8 Å². The fourth-order valence-electron chi connectivity index (χ4n) is 3.69. The van der Waals surface area contributed by atoms with Gasteiger partial charge in [0, 0.05) is 26.2 Å². The van der Waals surface area contributed by atoms with Crippen LogP contribution in [-0.2, 0) is 9.59 Å². The molecule has 0 saturated carbocycles. The highest BCUT2D eigenvalue weighted by atomic mass is 16.3. The zero-order valence-electron chi connectivity index (χ0n) is 18.0. The number of aliphatic hydroxyl groups is 4. The lowest BCUT2D eigenvalue weighted by Crippen LogP contribution is -2.61. The summed E-state index contributed by atoms with van der Waals surface area (Å²) in [6.07, 6.45) is 4.30. The largest absolute Gasteiger partial charge is 0.395 e. The third-order valence-corrected chi connectivity index (χ3v) is 5.37. The maximum Gasteiger partial charge on any atom is 0.243 e. The van der Waals surface area contributed by atoms with Gasteiger partial charge in [-0.3, -0.25) is 19.4 Å². The van der Waals surface area contributed by atoms with Gasteiger partial charge in [-0.15, -0.1) is 0 Å². The summed E-state index contributed by atoms with van der Waals surface area (Å²) in [7, 11) is 0. The van der Waals surface area contributed by atoms with Gasteiger partial charge in [0.25, 0.3) is 0 Å². The Kier molecular flexibility index (Phi) is 14.6. The molecule has 1 aliphatic heterocycles. The van der Waals surface area contributed by atoms with Crippen LogP contribution in [0.2, 0.25) is 0 Å². The second-order valence-corrected chi connectivity index (χ2v) is 7.69. The number of aliphatic hydroxyl groups excluding tert-OH is 4. The van der Waals surface area contributed by atoms with Gasteiger partial charge in [0.2, 0.25) is 11.8 Å². The highest BCUT2D eigenvalue weighted by Gasteiger charge is 2.32. The van der Waals surface area contributed by atoms with Crippen LogP contribution in [0.5, 0.6) is 0 Å². The van der Waals surface area contributed by atoms with Gasteiger partial charge in [0.15, 0.2) is 0 Å². The Hall–Kier alpha value is -1.30. The van der Waals surface area contributed by atoms with Crippen LogP contribution in [0.3, 0.4) is 0 Å². The van der Waals surface area contributed by atoms with Crippen molar-refractivity contribution in [3.8, 4) is 0 Å². The molecule has 2 amide bonds. The van der Waals surface area contributed by atoms with E-state index in [0.717, 1.165) is 38.8 Å². The molecular weight excluding hydrogens is 392 g/mol. The van der Waals surface area contributed by atoms with Gasteiger partial charge < -0.3 is 31.1 Å². The number of unbranched alkanes of at least 4 members (excludes halogenated alkanes) is 2. The maximum absolute atomic E-state index is 12.3. The molecule has 2 atom stereocenters. The Morgan fingerprint density at radius 3 is 1.20 bits per heavy atom. The van der Waals surface area contributed by atoms with E-state index in [0.29, 0.717) is 39.0 Å². The molecular formula is C20H40N4O6. The Balaban J connectivity index is 2.26. The van der Waals surface area contributed by atoms with Crippen LogP contribution in [0.15, 0.2) is 0 Å². The van der Waals surface area contributed by atoms with Crippen LogP contribution < -0.4 is 10.6 Å². The normalized spacial score (nSPS) is 19.4. The van der Waals surface area contributed by atoms with Crippen molar-refractivity contribution in [2.45, 2.75) is 50.6 Å². The second kappa shape index (κ2) is 16.4. The van der Waals surface area contributed by atoms with Gasteiger partial charge in [-0.1, -0.05) is 0 Å². The van der Waals surface area contributed by atoms with Gasteiger partial charge in [-0.25, -0.2) is 0 Å². The molecule has 0 aromatic rings. The number of hydrogen-bond donors (Lipinski definition) is 6. The maximum atomic E-state index is 12.3. The number of amides is 2. The Bertz CT molecular complexity index is 428. The minimum Gasteiger partial charge on any atom is -0.395 e. The number of piperazine rings is 1. The summed E-state index contributed by atoms with van der Waals surface area (Å²) in [5.41, 5.74) is 0. The second-order valence-electron chi connectivity index (χ2n) is 7.69. The van der Waals surface area contributed by atoms with Crippen molar-refractivity contribution < 1.29 is 30.0 Å². The summed E-state index contributed by atoms with van der Waals surface area (Å²) in [6, 6.07) is -1.02. The van der Waals surface area contributed by atoms with E-state index in [-0.39, 0.29) is 38.2 Å². The van der Waals surface area contributed by atoms with Crippen LogP contribution in [0, 0.1) is 0 Å². The van der Waals surface area contributed by atoms with E-state index < -0.39 is 12.1 Å². The molecule has 6 N–H and O–H groups in total. The number of nitrogens with one attached hydrogen (secondary N) is 2. The van der Waals surface area contributed by atoms with Crippen LogP contribution >= 0.6 is 0 Å². The summed E-state index contributed by atoms with van der Waals surface area (Å²) in [4.78, 5) is 28.6. The Labute approximate surface area is 179 Å². The first-order valence-electron chi connectivity index (χ1n) is 11.0. The van der Waals surface area contributed by atoms with Crippen molar-refractivity contribution in [1.29, 1.82) is 0 Å². The lowest BCUT2D eigenvalue weighted by atomic mass is 10.0. The minimum atomic E-state index is -0.512. The van der Waals surface area contributed by atoms with Gasteiger partial charge in [0.1, 0.15) is 12.1 Å². The van der Waals surface area contributed by atoms with Crippen molar-refractivity contribution in [2.24, 2.45) is 0 Å². The third kappa shape index (κ3) is 10.6. The fraction of sp³-hybridized carbons (Fsp3) is 0.900. The molecule has 1 aliphatic rings.